The molecule has 2 aromatic carbocycles. The molecule has 3 nitrogen and oxygen atoms in total. The first-order valence-corrected chi connectivity index (χ1v) is 8.24. The standard InChI is InChI=1S/C17H15ClN2OS/c1-12-3-2-4-13(7-12)10-22-11-17(21)20-15-6-5-14(9-19)16(18)8-15/h2-8H,10-11H2,1H3,(H,20,21). The first kappa shape index (κ1) is 16.4. The summed E-state index contributed by atoms with van der Waals surface area (Å²) in [5, 5.41) is 11.9. The van der Waals surface area contributed by atoms with Crippen LogP contribution in [0.2, 0.25) is 5.02 Å². The molecule has 0 fully saturated rings. The summed E-state index contributed by atoms with van der Waals surface area (Å²) >= 11 is 7.49. The number of thioether (sulfide) groups is 1. The van der Waals surface area contributed by atoms with E-state index >= 15 is 0 Å². The van der Waals surface area contributed by atoms with E-state index in [2.05, 4.69) is 30.4 Å². The summed E-state index contributed by atoms with van der Waals surface area (Å²) in [5.74, 6) is 1.08. The fourth-order valence-electron chi connectivity index (χ4n) is 1.94. The molecule has 0 aliphatic carbocycles. The number of hydrogen-bond acceptors (Lipinski definition) is 3. The minimum absolute atomic E-state index is 0.0848. The number of amides is 1. The number of nitriles is 1. The van der Waals surface area contributed by atoms with Gasteiger partial charge in [0.25, 0.3) is 0 Å². The summed E-state index contributed by atoms with van der Waals surface area (Å²) in [7, 11) is 0. The molecule has 2 rings (SSSR count). The van der Waals surface area contributed by atoms with Crippen molar-refractivity contribution in [2.24, 2.45) is 0 Å². The largest absolute Gasteiger partial charge is 0.325 e. The molecule has 0 saturated carbocycles. The van der Waals surface area contributed by atoms with Crippen LogP contribution in [0, 0.1) is 18.3 Å². The monoisotopic (exact) mass is 330 g/mol. The number of carbonyl (C=O) groups excluding carboxylic acids is 1. The molecular formula is C17H15ClN2OS. The van der Waals surface area contributed by atoms with Crippen LogP contribution in [0.4, 0.5) is 5.69 Å². The molecule has 0 aliphatic rings. The van der Waals surface area contributed by atoms with Gasteiger partial charge in [0.05, 0.1) is 16.3 Å². The maximum atomic E-state index is 11.9. The molecule has 0 atom stereocenters. The summed E-state index contributed by atoms with van der Waals surface area (Å²) in [6, 6.07) is 15.1. The fraction of sp³-hybridized carbons (Fsp3) is 0.176. The minimum atomic E-state index is -0.0848. The van der Waals surface area contributed by atoms with Crippen molar-refractivity contribution in [3.05, 3.63) is 64.2 Å². The minimum Gasteiger partial charge on any atom is -0.325 e. The van der Waals surface area contributed by atoms with Gasteiger partial charge in [-0.15, -0.1) is 11.8 Å². The van der Waals surface area contributed by atoms with Crippen LogP contribution in [0.3, 0.4) is 0 Å². The van der Waals surface area contributed by atoms with Crippen LogP contribution in [0.1, 0.15) is 16.7 Å². The number of nitrogens with zero attached hydrogens (tertiary/aromatic N) is 1. The molecule has 112 valence electrons. The Morgan fingerprint density at radius 1 is 1.32 bits per heavy atom. The predicted octanol–water partition coefficient (Wildman–Crippen LogP) is 4.39. The Bertz CT molecular complexity index is 725. The molecule has 0 radical (unpaired) electrons. The number of hydrogen-bond donors (Lipinski definition) is 1. The lowest BCUT2D eigenvalue weighted by atomic mass is 10.2. The van der Waals surface area contributed by atoms with Gasteiger partial charge in [0.2, 0.25) is 5.91 Å². The van der Waals surface area contributed by atoms with E-state index in [1.54, 1.807) is 30.0 Å². The van der Waals surface area contributed by atoms with E-state index in [1.165, 1.54) is 11.1 Å². The molecule has 0 aliphatic heterocycles. The van der Waals surface area contributed by atoms with Crippen LogP contribution in [0.5, 0.6) is 0 Å². The van der Waals surface area contributed by atoms with Crippen molar-refractivity contribution in [1.29, 1.82) is 5.26 Å². The van der Waals surface area contributed by atoms with Crippen molar-refractivity contribution < 1.29 is 4.79 Å². The molecular weight excluding hydrogens is 316 g/mol. The van der Waals surface area contributed by atoms with E-state index in [0.29, 0.717) is 22.0 Å². The summed E-state index contributed by atoms with van der Waals surface area (Å²) in [5.41, 5.74) is 3.42. The Balaban J connectivity index is 1.83. The van der Waals surface area contributed by atoms with Gasteiger partial charge in [-0.1, -0.05) is 41.4 Å². The van der Waals surface area contributed by atoms with Gasteiger partial charge in [0.15, 0.2) is 0 Å². The predicted molar refractivity (Wildman–Crippen MR) is 92.1 cm³/mol. The van der Waals surface area contributed by atoms with E-state index in [0.717, 1.165) is 5.75 Å². The maximum Gasteiger partial charge on any atom is 0.234 e. The molecule has 0 bridgehead atoms. The Hall–Kier alpha value is -1.96. The van der Waals surface area contributed by atoms with Crippen molar-refractivity contribution in [2.45, 2.75) is 12.7 Å². The first-order valence-electron chi connectivity index (χ1n) is 6.71. The first-order chi connectivity index (χ1) is 10.6. The summed E-state index contributed by atoms with van der Waals surface area (Å²) in [6.07, 6.45) is 0. The van der Waals surface area contributed by atoms with Crippen molar-refractivity contribution in [3.63, 3.8) is 0 Å². The van der Waals surface area contributed by atoms with Crippen LogP contribution in [0.25, 0.3) is 0 Å². The lowest BCUT2D eigenvalue weighted by Crippen LogP contribution is -2.14. The fourth-order valence-corrected chi connectivity index (χ4v) is 2.94. The van der Waals surface area contributed by atoms with Gasteiger partial charge in [-0.2, -0.15) is 5.26 Å². The second kappa shape index (κ2) is 7.88. The highest BCUT2D eigenvalue weighted by atomic mass is 35.5. The molecule has 22 heavy (non-hydrogen) atoms. The van der Waals surface area contributed by atoms with E-state index < -0.39 is 0 Å². The second-order valence-corrected chi connectivity index (χ2v) is 6.23. The van der Waals surface area contributed by atoms with Gasteiger partial charge < -0.3 is 5.32 Å². The zero-order valence-corrected chi connectivity index (χ0v) is 13.7. The Kier molecular flexibility index (Phi) is 5.88. The molecule has 1 N–H and O–H groups in total. The topological polar surface area (TPSA) is 52.9 Å². The van der Waals surface area contributed by atoms with Crippen molar-refractivity contribution >= 4 is 35.0 Å². The number of halogens is 1. The molecule has 0 aromatic heterocycles. The highest BCUT2D eigenvalue weighted by Gasteiger charge is 2.06. The average Bonchev–Trinajstić information content (AvgIpc) is 2.47. The molecule has 0 heterocycles. The van der Waals surface area contributed by atoms with Crippen molar-refractivity contribution in [1.82, 2.24) is 0 Å². The van der Waals surface area contributed by atoms with Crippen LogP contribution in [-0.4, -0.2) is 11.7 Å². The van der Waals surface area contributed by atoms with Gasteiger partial charge >= 0.3 is 0 Å². The van der Waals surface area contributed by atoms with E-state index in [9.17, 15) is 4.79 Å². The number of rotatable bonds is 5. The third kappa shape index (κ3) is 4.80. The third-order valence-corrected chi connectivity index (χ3v) is 4.27. The molecule has 5 heteroatoms. The molecule has 1 amide bonds. The lowest BCUT2D eigenvalue weighted by molar-refractivity contribution is -0.113. The normalized spacial score (nSPS) is 10.0. The van der Waals surface area contributed by atoms with Crippen molar-refractivity contribution in [3.8, 4) is 6.07 Å². The second-order valence-electron chi connectivity index (χ2n) is 4.84. The quantitative estimate of drug-likeness (QED) is 0.884. The van der Waals surface area contributed by atoms with Gasteiger partial charge in [-0.3, -0.25) is 4.79 Å². The average molecular weight is 331 g/mol. The SMILES string of the molecule is Cc1cccc(CSCC(=O)Nc2ccc(C#N)c(Cl)c2)c1. The van der Waals surface area contributed by atoms with Gasteiger partial charge in [0.1, 0.15) is 6.07 Å². The van der Waals surface area contributed by atoms with Gasteiger partial charge in [-0.05, 0) is 30.7 Å². The van der Waals surface area contributed by atoms with E-state index in [-0.39, 0.29) is 5.91 Å². The number of aryl methyl sites for hydroxylation is 1. The lowest BCUT2D eigenvalue weighted by Gasteiger charge is -2.06. The zero-order chi connectivity index (χ0) is 15.9. The smallest absolute Gasteiger partial charge is 0.234 e. The molecule has 0 saturated heterocycles. The number of carbonyl (C=O) groups is 1. The zero-order valence-electron chi connectivity index (χ0n) is 12.1. The Morgan fingerprint density at radius 3 is 2.82 bits per heavy atom. The number of benzene rings is 2. The highest BCUT2D eigenvalue weighted by Crippen LogP contribution is 2.20. The maximum absolute atomic E-state index is 11.9. The third-order valence-electron chi connectivity index (χ3n) is 2.96. The number of nitrogens with one attached hydrogen (secondary N) is 1. The molecule has 2 aromatic rings. The Labute approximate surface area is 139 Å². The molecule has 0 unspecified atom stereocenters. The van der Waals surface area contributed by atoms with Crippen molar-refractivity contribution in [2.75, 3.05) is 11.1 Å². The van der Waals surface area contributed by atoms with E-state index in [1.807, 2.05) is 12.1 Å². The van der Waals surface area contributed by atoms with Crippen LogP contribution in [0.15, 0.2) is 42.5 Å². The van der Waals surface area contributed by atoms with Gasteiger partial charge in [0, 0.05) is 11.4 Å². The van der Waals surface area contributed by atoms with Crippen LogP contribution in [-0.2, 0) is 10.5 Å². The van der Waals surface area contributed by atoms with Crippen LogP contribution >= 0.6 is 23.4 Å². The number of anilines is 1. The van der Waals surface area contributed by atoms with Crippen LogP contribution < -0.4 is 5.32 Å². The summed E-state index contributed by atoms with van der Waals surface area (Å²) in [6.45, 7) is 2.05. The Morgan fingerprint density at radius 2 is 2.14 bits per heavy atom. The van der Waals surface area contributed by atoms with Gasteiger partial charge in [-0.25, -0.2) is 0 Å². The van der Waals surface area contributed by atoms with E-state index in [4.69, 9.17) is 16.9 Å². The molecule has 0 spiro atoms. The summed E-state index contributed by atoms with van der Waals surface area (Å²) < 4.78 is 0. The summed E-state index contributed by atoms with van der Waals surface area (Å²) in [4.78, 5) is 11.9. The highest BCUT2D eigenvalue weighted by molar-refractivity contribution is 7.99.